The number of benzene rings is 1. The molecule has 1 N–H and O–H groups in total. The Labute approximate surface area is 111 Å². The molecule has 0 saturated heterocycles. The molecule has 0 radical (unpaired) electrons. The first-order valence-electron chi connectivity index (χ1n) is 5.71. The average molecular weight is 266 g/mol. The zero-order chi connectivity index (χ0) is 12.3. The third-order valence-electron chi connectivity index (χ3n) is 2.91. The maximum absolute atomic E-state index is 6.19. The van der Waals surface area contributed by atoms with E-state index in [1.807, 2.05) is 18.2 Å². The van der Waals surface area contributed by atoms with Crippen LogP contribution in [0.1, 0.15) is 37.1 Å². The van der Waals surface area contributed by atoms with Crippen LogP contribution in [0.3, 0.4) is 0 Å². The van der Waals surface area contributed by atoms with E-state index in [2.05, 4.69) is 42.1 Å². The van der Waals surface area contributed by atoms with E-state index in [-0.39, 0.29) is 6.04 Å². The Bertz CT molecular complexity index is 467. The third kappa shape index (κ3) is 3.09. The molecule has 3 heteroatoms. The maximum Gasteiger partial charge on any atom is 0.0453 e. The van der Waals surface area contributed by atoms with Crippen molar-refractivity contribution in [1.29, 1.82) is 0 Å². The maximum atomic E-state index is 6.19. The Balaban J connectivity index is 2.07. The number of halogens is 1. The summed E-state index contributed by atoms with van der Waals surface area (Å²) in [5.74, 6) is 0. The van der Waals surface area contributed by atoms with E-state index in [0.29, 0.717) is 6.04 Å². The van der Waals surface area contributed by atoms with Crippen molar-refractivity contribution in [1.82, 2.24) is 5.32 Å². The molecule has 90 valence electrons. The summed E-state index contributed by atoms with van der Waals surface area (Å²) < 4.78 is 0. The summed E-state index contributed by atoms with van der Waals surface area (Å²) in [5.41, 5.74) is 2.48. The van der Waals surface area contributed by atoms with Gasteiger partial charge >= 0.3 is 0 Å². The van der Waals surface area contributed by atoms with Crippen molar-refractivity contribution in [3.63, 3.8) is 0 Å². The first-order valence-corrected chi connectivity index (χ1v) is 7.03. The van der Waals surface area contributed by atoms with Crippen molar-refractivity contribution in [3.8, 4) is 0 Å². The highest BCUT2D eigenvalue weighted by Gasteiger charge is 2.13. The van der Waals surface area contributed by atoms with Crippen LogP contribution >= 0.6 is 22.9 Å². The first kappa shape index (κ1) is 12.6. The minimum Gasteiger partial charge on any atom is -0.304 e. The highest BCUT2D eigenvalue weighted by atomic mass is 35.5. The molecule has 1 heterocycles. The van der Waals surface area contributed by atoms with Gasteiger partial charge in [0.05, 0.1) is 0 Å². The fourth-order valence-electron chi connectivity index (χ4n) is 1.91. The molecule has 1 aromatic carbocycles. The molecule has 0 spiro atoms. The molecule has 0 bridgehead atoms. The lowest BCUT2D eigenvalue weighted by Gasteiger charge is -2.20. The molecule has 17 heavy (non-hydrogen) atoms. The second kappa shape index (κ2) is 5.67. The molecular weight excluding hydrogens is 250 g/mol. The molecule has 1 nitrogen and oxygen atoms in total. The highest BCUT2D eigenvalue weighted by molar-refractivity contribution is 7.07. The van der Waals surface area contributed by atoms with E-state index < -0.39 is 0 Å². The summed E-state index contributed by atoms with van der Waals surface area (Å²) in [6.45, 7) is 4.32. The zero-order valence-electron chi connectivity index (χ0n) is 9.98. The lowest BCUT2D eigenvalue weighted by molar-refractivity contribution is 0.496. The van der Waals surface area contributed by atoms with E-state index in [1.165, 1.54) is 5.56 Å². The average Bonchev–Trinajstić information content (AvgIpc) is 2.82. The molecule has 0 saturated carbocycles. The van der Waals surface area contributed by atoms with Gasteiger partial charge in [-0.15, -0.1) is 0 Å². The molecule has 2 rings (SSSR count). The van der Waals surface area contributed by atoms with Crippen LogP contribution < -0.4 is 5.32 Å². The molecule has 0 aliphatic rings. The molecule has 0 fully saturated rings. The normalized spacial score (nSPS) is 14.5. The summed E-state index contributed by atoms with van der Waals surface area (Å²) in [4.78, 5) is 0. The largest absolute Gasteiger partial charge is 0.304 e. The summed E-state index contributed by atoms with van der Waals surface area (Å²) >= 11 is 7.92. The Morgan fingerprint density at radius 1 is 1.12 bits per heavy atom. The zero-order valence-corrected chi connectivity index (χ0v) is 11.6. The van der Waals surface area contributed by atoms with Gasteiger partial charge in [0.15, 0.2) is 0 Å². The van der Waals surface area contributed by atoms with Gasteiger partial charge in [-0.2, -0.15) is 11.3 Å². The number of rotatable bonds is 4. The number of nitrogens with one attached hydrogen (secondary N) is 1. The Morgan fingerprint density at radius 2 is 1.88 bits per heavy atom. The van der Waals surface area contributed by atoms with Gasteiger partial charge in [-0.25, -0.2) is 0 Å². The van der Waals surface area contributed by atoms with Crippen LogP contribution in [0, 0.1) is 0 Å². The smallest absolute Gasteiger partial charge is 0.0453 e. The molecule has 2 aromatic rings. The van der Waals surface area contributed by atoms with Crippen LogP contribution in [0.5, 0.6) is 0 Å². The van der Waals surface area contributed by atoms with Crippen molar-refractivity contribution in [2.45, 2.75) is 25.9 Å². The van der Waals surface area contributed by atoms with Crippen LogP contribution in [-0.4, -0.2) is 0 Å². The lowest BCUT2D eigenvalue weighted by Crippen LogP contribution is -2.22. The molecule has 0 amide bonds. The van der Waals surface area contributed by atoms with E-state index in [0.717, 1.165) is 10.6 Å². The Hall–Kier alpha value is -0.830. The fourth-order valence-corrected chi connectivity index (χ4v) is 2.96. The summed E-state index contributed by atoms with van der Waals surface area (Å²) in [6.07, 6.45) is 0. The van der Waals surface area contributed by atoms with E-state index in [4.69, 9.17) is 11.6 Å². The van der Waals surface area contributed by atoms with Crippen LogP contribution in [0.2, 0.25) is 5.02 Å². The van der Waals surface area contributed by atoms with Crippen LogP contribution in [-0.2, 0) is 0 Å². The van der Waals surface area contributed by atoms with Gasteiger partial charge in [0.25, 0.3) is 0 Å². The summed E-state index contributed by atoms with van der Waals surface area (Å²) in [6, 6.07) is 10.7. The van der Waals surface area contributed by atoms with Crippen molar-refractivity contribution >= 4 is 22.9 Å². The molecular formula is C14H16ClNS. The van der Waals surface area contributed by atoms with Gasteiger partial charge in [0.1, 0.15) is 0 Å². The minimum atomic E-state index is 0.249. The fraction of sp³-hybridized carbons (Fsp3) is 0.286. The number of hydrogen-bond acceptors (Lipinski definition) is 2. The third-order valence-corrected chi connectivity index (χ3v) is 3.96. The van der Waals surface area contributed by atoms with Gasteiger partial charge in [-0.3, -0.25) is 0 Å². The predicted octanol–water partition coefficient (Wildman–Crippen LogP) is 4.81. The van der Waals surface area contributed by atoms with Crippen LogP contribution in [0.4, 0.5) is 0 Å². The van der Waals surface area contributed by atoms with Gasteiger partial charge in [-0.1, -0.05) is 29.8 Å². The standard InChI is InChI=1S/C14H16ClNS/c1-10(12-7-8-17-9-12)16-11(2)13-5-3-4-6-14(13)15/h3-11,16H,1-2H3/t10?,11-/m1/s1. The minimum absolute atomic E-state index is 0.249. The van der Waals surface area contributed by atoms with E-state index in [9.17, 15) is 0 Å². The number of hydrogen-bond donors (Lipinski definition) is 1. The van der Waals surface area contributed by atoms with Crippen molar-refractivity contribution in [3.05, 3.63) is 57.2 Å². The van der Waals surface area contributed by atoms with Gasteiger partial charge < -0.3 is 5.32 Å². The highest BCUT2D eigenvalue weighted by Crippen LogP contribution is 2.25. The van der Waals surface area contributed by atoms with Crippen molar-refractivity contribution in [2.75, 3.05) is 0 Å². The van der Waals surface area contributed by atoms with Crippen molar-refractivity contribution < 1.29 is 0 Å². The Kier molecular flexibility index (Phi) is 4.21. The monoisotopic (exact) mass is 265 g/mol. The summed E-state index contributed by atoms with van der Waals surface area (Å²) in [7, 11) is 0. The van der Waals surface area contributed by atoms with Gasteiger partial charge in [0.2, 0.25) is 0 Å². The quantitative estimate of drug-likeness (QED) is 0.836. The molecule has 0 aliphatic heterocycles. The second-order valence-corrected chi connectivity index (χ2v) is 5.38. The molecule has 1 aromatic heterocycles. The van der Waals surface area contributed by atoms with Gasteiger partial charge in [-0.05, 0) is 47.9 Å². The van der Waals surface area contributed by atoms with Crippen molar-refractivity contribution in [2.24, 2.45) is 0 Å². The first-order chi connectivity index (χ1) is 8.18. The Morgan fingerprint density at radius 3 is 2.53 bits per heavy atom. The van der Waals surface area contributed by atoms with E-state index in [1.54, 1.807) is 11.3 Å². The lowest BCUT2D eigenvalue weighted by atomic mass is 10.1. The molecule has 2 atom stereocenters. The topological polar surface area (TPSA) is 12.0 Å². The van der Waals surface area contributed by atoms with Crippen LogP contribution in [0.25, 0.3) is 0 Å². The molecule has 1 unspecified atom stereocenters. The summed E-state index contributed by atoms with van der Waals surface area (Å²) in [5, 5.41) is 8.67. The number of thiophene rings is 1. The van der Waals surface area contributed by atoms with Crippen LogP contribution in [0.15, 0.2) is 41.1 Å². The predicted molar refractivity (Wildman–Crippen MR) is 75.7 cm³/mol. The molecule has 0 aliphatic carbocycles. The van der Waals surface area contributed by atoms with E-state index >= 15 is 0 Å². The SMILES string of the molecule is CC(N[C@H](C)c1ccccc1Cl)c1ccsc1. The van der Waals surface area contributed by atoms with Gasteiger partial charge in [0, 0.05) is 17.1 Å². The second-order valence-electron chi connectivity index (χ2n) is 4.19.